The average Bonchev–Trinajstić information content (AvgIpc) is 2.82. The van der Waals surface area contributed by atoms with Gasteiger partial charge in [0.05, 0.1) is 5.57 Å². The molecule has 0 fully saturated rings. The molecular formula is C30H36N2. The summed E-state index contributed by atoms with van der Waals surface area (Å²) in [6, 6.07) is 7.40. The number of aryl methyl sites for hydroxylation is 2. The molecule has 166 valence electrons. The van der Waals surface area contributed by atoms with Crippen molar-refractivity contribution in [3.63, 3.8) is 0 Å². The molecule has 2 aliphatic heterocycles. The van der Waals surface area contributed by atoms with Gasteiger partial charge in [0.15, 0.2) is 0 Å². The first-order chi connectivity index (χ1) is 15.7. The highest BCUT2D eigenvalue weighted by atomic mass is 15.1. The Bertz CT molecular complexity index is 1210. The summed E-state index contributed by atoms with van der Waals surface area (Å²) in [5.41, 5.74) is 12.3. The molecule has 0 amide bonds. The summed E-state index contributed by atoms with van der Waals surface area (Å²) in [6.07, 6.45) is 12.6. The molecule has 2 aromatic carbocycles. The lowest BCUT2D eigenvalue weighted by atomic mass is 9.76. The molecule has 2 heteroatoms. The first-order valence-electron chi connectivity index (χ1n) is 12.9. The third kappa shape index (κ3) is 3.38. The minimum atomic E-state index is 0.915. The van der Waals surface area contributed by atoms with Crippen molar-refractivity contribution in [3.8, 4) is 6.07 Å². The van der Waals surface area contributed by atoms with Crippen LogP contribution in [0.2, 0.25) is 0 Å². The molecule has 2 aromatic rings. The lowest BCUT2D eigenvalue weighted by Crippen LogP contribution is -2.36. The van der Waals surface area contributed by atoms with Crippen LogP contribution in [0.5, 0.6) is 0 Å². The first kappa shape index (κ1) is 21.3. The van der Waals surface area contributed by atoms with Gasteiger partial charge in [-0.2, -0.15) is 5.26 Å². The summed E-state index contributed by atoms with van der Waals surface area (Å²) in [7, 11) is 0. The molecule has 3 aliphatic rings. The highest BCUT2D eigenvalue weighted by Gasteiger charge is 2.31. The molecule has 0 saturated heterocycles. The van der Waals surface area contributed by atoms with Crippen molar-refractivity contribution in [2.75, 3.05) is 18.0 Å². The van der Waals surface area contributed by atoms with E-state index in [0.29, 0.717) is 0 Å². The fraction of sp³-hybridized carbons (Fsp3) is 0.500. The van der Waals surface area contributed by atoms with Gasteiger partial charge >= 0.3 is 0 Å². The number of rotatable bonds is 6. The Hall–Kier alpha value is -2.53. The van der Waals surface area contributed by atoms with Crippen molar-refractivity contribution in [1.29, 1.82) is 5.26 Å². The maximum atomic E-state index is 10.4. The maximum absolute atomic E-state index is 10.4. The fourth-order valence-corrected chi connectivity index (χ4v) is 6.35. The topological polar surface area (TPSA) is 27.0 Å². The SMILES string of the molecule is C=c1c(CCCC)cc2c(c1CCCC)Cc1c(cc3c4c1CCCN4CCC3)C=2C#N. The van der Waals surface area contributed by atoms with Crippen LogP contribution in [0.3, 0.4) is 0 Å². The average molecular weight is 425 g/mol. The summed E-state index contributed by atoms with van der Waals surface area (Å²) in [6.45, 7) is 11.5. The van der Waals surface area contributed by atoms with Crippen LogP contribution in [0, 0.1) is 11.3 Å². The van der Waals surface area contributed by atoms with Gasteiger partial charge in [0, 0.05) is 18.8 Å². The zero-order chi connectivity index (χ0) is 22.2. The second-order valence-electron chi connectivity index (χ2n) is 9.97. The van der Waals surface area contributed by atoms with Crippen LogP contribution in [-0.4, -0.2) is 13.1 Å². The van der Waals surface area contributed by atoms with E-state index in [1.807, 2.05) is 0 Å². The van der Waals surface area contributed by atoms with Crippen molar-refractivity contribution in [2.24, 2.45) is 0 Å². The van der Waals surface area contributed by atoms with Gasteiger partial charge in [-0.05, 0) is 119 Å². The lowest BCUT2D eigenvalue weighted by Gasteiger charge is -2.39. The molecule has 1 aliphatic carbocycles. The van der Waals surface area contributed by atoms with Gasteiger partial charge < -0.3 is 4.90 Å². The molecule has 2 nitrogen and oxygen atoms in total. The Kier molecular flexibility index (Phi) is 5.85. The number of hydrogen-bond acceptors (Lipinski definition) is 2. The minimum Gasteiger partial charge on any atom is -0.371 e. The number of unbranched alkanes of at least 4 members (excludes halogenated alkanes) is 2. The van der Waals surface area contributed by atoms with Gasteiger partial charge in [0.2, 0.25) is 0 Å². The smallest absolute Gasteiger partial charge is 0.100 e. The van der Waals surface area contributed by atoms with Crippen LogP contribution in [0.4, 0.5) is 5.69 Å². The molecule has 0 spiro atoms. The highest BCUT2D eigenvalue weighted by molar-refractivity contribution is 5.85. The summed E-state index contributed by atoms with van der Waals surface area (Å²) >= 11 is 0. The lowest BCUT2D eigenvalue weighted by molar-refractivity contribution is 0.630. The second-order valence-corrected chi connectivity index (χ2v) is 9.97. The summed E-state index contributed by atoms with van der Waals surface area (Å²) in [4.78, 5) is 2.62. The molecule has 2 heterocycles. The predicted octanol–water partition coefficient (Wildman–Crippen LogP) is 5.11. The third-order valence-electron chi connectivity index (χ3n) is 7.99. The van der Waals surface area contributed by atoms with E-state index in [2.05, 4.69) is 43.5 Å². The Labute approximate surface area is 193 Å². The third-order valence-corrected chi connectivity index (χ3v) is 7.99. The van der Waals surface area contributed by atoms with Gasteiger partial charge in [-0.3, -0.25) is 0 Å². The largest absolute Gasteiger partial charge is 0.371 e. The molecule has 0 N–H and O–H groups in total. The van der Waals surface area contributed by atoms with Gasteiger partial charge in [-0.1, -0.05) is 33.3 Å². The van der Waals surface area contributed by atoms with E-state index in [4.69, 9.17) is 0 Å². The molecule has 0 unspecified atom stereocenters. The van der Waals surface area contributed by atoms with Crippen molar-refractivity contribution < 1.29 is 0 Å². The normalized spacial score (nSPS) is 16.3. The van der Waals surface area contributed by atoms with Crippen molar-refractivity contribution in [1.82, 2.24) is 0 Å². The molecule has 0 radical (unpaired) electrons. The molecule has 0 atom stereocenters. The van der Waals surface area contributed by atoms with Crippen LogP contribution in [0.15, 0.2) is 12.1 Å². The highest BCUT2D eigenvalue weighted by Crippen LogP contribution is 2.42. The zero-order valence-corrected chi connectivity index (χ0v) is 19.9. The number of nitriles is 1. The molecule has 0 aromatic heterocycles. The summed E-state index contributed by atoms with van der Waals surface area (Å²) in [5, 5.41) is 12.9. The second kappa shape index (κ2) is 8.78. The van der Waals surface area contributed by atoms with E-state index in [0.717, 1.165) is 37.7 Å². The van der Waals surface area contributed by atoms with Gasteiger partial charge in [-0.25, -0.2) is 0 Å². The number of fused-ring (bicyclic) bond motifs is 3. The summed E-state index contributed by atoms with van der Waals surface area (Å²) in [5.74, 6) is 0. The Morgan fingerprint density at radius 3 is 2.47 bits per heavy atom. The first-order valence-corrected chi connectivity index (χ1v) is 12.9. The van der Waals surface area contributed by atoms with Gasteiger partial charge in [-0.15, -0.1) is 0 Å². The Morgan fingerprint density at radius 1 is 0.969 bits per heavy atom. The van der Waals surface area contributed by atoms with Crippen LogP contribution < -0.4 is 15.3 Å². The van der Waals surface area contributed by atoms with Crippen molar-refractivity contribution in [2.45, 2.75) is 84.5 Å². The zero-order valence-electron chi connectivity index (χ0n) is 19.9. The van der Waals surface area contributed by atoms with E-state index >= 15 is 0 Å². The van der Waals surface area contributed by atoms with E-state index in [1.165, 1.54) is 101 Å². The van der Waals surface area contributed by atoms with Gasteiger partial charge in [0.25, 0.3) is 0 Å². The van der Waals surface area contributed by atoms with Crippen LogP contribution in [0.1, 0.15) is 91.3 Å². The molecule has 32 heavy (non-hydrogen) atoms. The van der Waals surface area contributed by atoms with Crippen LogP contribution >= 0.6 is 0 Å². The fourth-order valence-electron chi connectivity index (χ4n) is 6.35. The number of hydrogen-bond donors (Lipinski definition) is 0. The quantitative estimate of drug-likeness (QED) is 0.644. The Balaban J connectivity index is 1.79. The monoisotopic (exact) mass is 424 g/mol. The number of anilines is 1. The van der Waals surface area contributed by atoms with Gasteiger partial charge in [0.1, 0.15) is 6.07 Å². The molecule has 0 saturated carbocycles. The maximum Gasteiger partial charge on any atom is 0.100 e. The molecule has 0 bridgehead atoms. The van der Waals surface area contributed by atoms with Crippen LogP contribution in [0.25, 0.3) is 12.2 Å². The predicted molar refractivity (Wildman–Crippen MR) is 135 cm³/mol. The minimum absolute atomic E-state index is 0.915. The van der Waals surface area contributed by atoms with E-state index in [-0.39, 0.29) is 0 Å². The van der Waals surface area contributed by atoms with E-state index < -0.39 is 0 Å². The van der Waals surface area contributed by atoms with Crippen molar-refractivity contribution >= 4 is 17.8 Å². The standard InChI is InChI=1S/C30H36N2/c1-4-6-10-21-16-25-27(23(20(21)3)12-7-5-2)18-28-24-13-9-15-32-14-8-11-22(30(24)32)17-26(28)29(25)19-31/h16-17H,3-15,18H2,1-2H3. The van der Waals surface area contributed by atoms with E-state index in [9.17, 15) is 5.26 Å². The summed E-state index contributed by atoms with van der Waals surface area (Å²) < 4.78 is 0. The van der Waals surface area contributed by atoms with Crippen LogP contribution in [-0.2, 0) is 32.1 Å². The molecule has 5 rings (SSSR count). The Morgan fingerprint density at radius 2 is 1.72 bits per heavy atom. The number of benzene rings is 2. The molecular weight excluding hydrogens is 388 g/mol. The number of nitrogens with zero attached hydrogens (tertiary/aromatic N) is 2. The van der Waals surface area contributed by atoms with Crippen molar-refractivity contribution in [3.05, 3.63) is 61.5 Å². The van der Waals surface area contributed by atoms with E-state index in [1.54, 1.807) is 5.56 Å².